The number of rotatable bonds is 7. The van der Waals surface area contributed by atoms with Crippen LogP contribution in [0.3, 0.4) is 0 Å². The quantitative estimate of drug-likeness (QED) is 0.336. The molecule has 0 spiro atoms. The zero-order chi connectivity index (χ0) is 22.3. The van der Waals surface area contributed by atoms with Crippen LogP contribution in [0.1, 0.15) is 34.6 Å². The first-order chi connectivity index (χ1) is 13.4. The molecule has 29 heavy (non-hydrogen) atoms. The lowest BCUT2D eigenvalue weighted by molar-refractivity contribution is -0.270. The third-order valence-corrected chi connectivity index (χ3v) is 3.67. The Hall–Kier alpha value is -2.95. The van der Waals surface area contributed by atoms with Crippen LogP contribution < -0.4 is 5.32 Å². The van der Waals surface area contributed by atoms with E-state index in [4.69, 9.17) is 23.7 Å². The Morgan fingerprint density at radius 1 is 0.828 bits per heavy atom. The van der Waals surface area contributed by atoms with Crippen molar-refractivity contribution in [2.24, 2.45) is 0 Å². The molecule has 1 aliphatic heterocycles. The van der Waals surface area contributed by atoms with Gasteiger partial charge in [0.05, 0.1) is 0 Å². The Morgan fingerprint density at radius 2 is 1.34 bits per heavy atom. The number of amides is 1. The molecule has 5 unspecified atom stereocenters. The number of esters is 4. The maximum Gasteiger partial charge on any atom is 0.305 e. The zero-order valence-electron chi connectivity index (χ0n) is 16.9. The van der Waals surface area contributed by atoms with Crippen molar-refractivity contribution in [1.82, 2.24) is 5.32 Å². The molecule has 1 aliphatic rings. The van der Waals surface area contributed by atoms with E-state index in [9.17, 15) is 24.0 Å². The second-order valence-corrected chi connectivity index (χ2v) is 6.38. The Balaban J connectivity index is 3.36. The first-order valence-electron chi connectivity index (χ1n) is 8.69. The first kappa shape index (κ1) is 24.1. The minimum atomic E-state index is -1.42. The van der Waals surface area contributed by atoms with Crippen molar-refractivity contribution < 1.29 is 47.7 Å². The fraction of sp³-hybridized carbons (Fsp3) is 0.611. The smallest absolute Gasteiger partial charge is 0.305 e. The summed E-state index contributed by atoms with van der Waals surface area (Å²) in [6, 6.07) is -1.23. The van der Waals surface area contributed by atoms with Gasteiger partial charge in [0.25, 0.3) is 0 Å². The maximum atomic E-state index is 12.2. The number of hydrogen-bond donors (Lipinski definition) is 1. The highest BCUT2D eigenvalue weighted by Crippen LogP contribution is 2.28. The lowest BCUT2D eigenvalue weighted by atomic mass is 9.95. The van der Waals surface area contributed by atoms with Gasteiger partial charge in [0.1, 0.15) is 18.8 Å². The van der Waals surface area contributed by atoms with E-state index in [0.29, 0.717) is 0 Å². The molecule has 0 aromatic heterocycles. The standard InChI is InChI=1S/C18H25NO10/c1-8(2)17(24)19-14-16(27-11(5)22)15(26-10(4)21)13(7-25-9(3)20)29-18(14)28-12(6)23/h13-16,18H,1,7H2,2-6H3,(H,19,24). The van der Waals surface area contributed by atoms with Gasteiger partial charge < -0.3 is 29.0 Å². The SMILES string of the molecule is C=C(C)C(=O)NC1C(OC(C)=O)OC(COC(C)=O)C(OC(C)=O)C1OC(C)=O. The van der Waals surface area contributed by atoms with E-state index in [1.54, 1.807) is 0 Å². The van der Waals surface area contributed by atoms with Crippen LogP contribution in [0.4, 0.5) is 0 Å². The van der Waals surface area contributed by atoms with Crippen molar-refractivity contribution in [2.75, 3.05) is 6.61 Å². The highest BCUT2D eigenvalue weighted by Gasteiger charge is 2.52. The molecule has 5 atom stereocenters. The van der Waals surface area contributed by atoms with Crippen molar-refractivity contribution in [3.63, 3.8) is 0 Å². The lowest BCUT2D eigenvalue weighted by Gasteiger charge is -2.44. The topological polar surface area (TPSA) is 144 Å². The third kappa shape index (κ3) is 7.53. The van der Waals surface area contributed by atoms with Gasteiger partial charge in [-0.3, -0.25) is 24.0 Å². The summed E-state index contributed by atoms with van der Waals surface area (Å²) in [6.07, 6.45) is -5.14. The maximum absolute atomic E-state index is 12.2. The van der Waals surface area contributed by atoms with Crippen LogP contribution in [0.2, 0.25) is 0 Å². The molecule has 1 rings (SSSR count). The van der Waals surface area contributed by atoms with E-state index < -0.39 is 60.4 Å². The second-order valence-electron chi connectivity index (χ2n) is 6.38. The number of ether oxygens (including phenoxy) is 5. The molecule has 0 bridgehead atoms. The van der Waals surface area contributed by atoms with Gasteiger partial charge in [0, 0.05) is 33.3 Å². The molecule has 1 heterocycles. The zero-order valence-corrected chi connectivity index (χ0v) is 16.9. The molecule has 1 amide bonds. The van der Waals surface area contributed by atoms with E-state index >= 15 is 0 Å². The summed E-state index contributed by atoms with van der Waals surface area (Å²) in [6.45, 7) is 9.07. The Kier molecular flexibility index (Phi) is 8.77. The van der Waals surface area contributed by atoms with Crippen LogP contribution in [0, 0.1) is 0 Å². The summed E-state index contributed by atoms with van der Waals surface area (Å²) in [5.74, 6) is -3.51. The van der Waals surface area contributed by atoms with Gasteiger partial charge in [-0.15, -0.1) is 0 Å². The van der Waals surface area contributed by atoms with E-state index in [2.05, 4.69) is 11.9 Å². The van der Waals surface area contributed by atoms with Crippen LogP contribution in [0.5, 0.6) is 0 Å². The van der Waals surface area contributed by atoms with Gasteiger partial charge in [-0.2, -0.15) is 0 Å². The summed E-state index contributed by atoms with van der Waals surface area (Å²) in [5, 5.41) is 2.50. The van der Waals surface area contributed by atoms with Crippen LogP contribution in [-0.2, 0) is 47.7 Å². The predicted octanol–water partition coefficient (Wildman–Crippen LogP) is -0.238. The molecule has 1 saturated heterocycles. The highest BCUT2D eigenvalue weighted by molar-refractivity contribution is 5.92. The summed E-state index contributed by atoms with van der Waals surface area (Å²) in [7, 11) is 0. The van der Waals surface area contributed by atoms with E-state index in [1.165, 1.54) is 6.92 Å². The van der Waals surface area contributed by atoms with Crippen molar-refractivity contribution in [3.05, 3.63) is 12.2 Å². The fourth-order valence-electron chi connectivity index (χ4n) is 2.59. The molecule has 0 aromatic carbocycles. The molecular formula is C18H25NO10. The van der Waals surface area contributed by atoms with Gasteiger partial charge in [0.2, 0.25) is 12.2 Å². The highest BCUT2D eigenvalue weighted by atomic mass is 16.7. The van der Waals surface area contributed by atoms with Crippen LogP contribution in [0.15, 0.2) is 12.2 Å². The Morgan fingerprint density at radius 3 is 1.79 bits per heavy atom. The Bertz CT molecular complexity index is 688. The van der Waals surface area contributed by atoms with Gasteiger partial charge in [-0.1, -0.05) is 6.58 Å². The largest absolute Gasteiger partial charge is 0.463 e. The predicted molar refractivity (Wildman–Crippen MR) is 94.9 cm³/mol. The summed E-state index contributed by atoms with van der Waals surface area (Å²) < 4.78 is 26.2. The van der Waals surface area contributed by atoms with Crippen LogP contribution in [0.25, 0.3) is 0 Å². The van der Waals surface area contributed by atoms with Crippen molar-refractivity contribution in [2.45, 2.75) is 65.3 Å². The minimum absolute atomic E-state index is 0.124. The van der Waals surface area contributed by atoms with Crippen molar-refractivity contribution in [1.29, 1.82) is 0 Å². The summed E-state index contributed by atoms with van der Waals surface area (Å²) in [4.78, 5) is 58.2. The van der Waals surface area contributed by atoms with Gasteiger partial charge in [-0.05, 0) is 6.92 Å². The summed E-state index contributed by atoms with van der Waals surface area (Å²) in [5.41, 5.74) is 0.124. The number of carbonyl (C=O) groups is 5. The third-order valence-electron chi connectivity index (χ3n) is 3.67. The van der Waals surface area contributed by atoms with Gasteiger partial charge in [0.15, 0.2) is 12.2 Å². The molecule has 1 N–H and O–H groups in total. The molecule has 11 nitrogen and oxygen atoms in total. The number of hydrogen-bond acceptors (Lipinski definition) is 10. The van der Waals surface area contributed by atoms with Crippen molar-refractivity contribution in [3.8, 4) is 0 Å². The fourth-order valence-corrected chi connectivity index (χ4v) is 2.59. The van der Waals surface area contributed by atoms with Gasteiger partial charge in [-0.25, -0.2) is 0 Å². The normalized spacial score (nSPS) is 25.9. The molecule has 1 fully saturated rings. The molecule has 0 radical (unpaired) electrons. The van der Waals surface area contributed by atoms with E-state index in [1.807, 2.05) is 0 Å². The second kappa shape index (κ2) is 10.6. The average Bonchev–Trinajstić information content (AvgIpc) is 2.56. The monoisotopic (exact) mass is 415 g/mol. The molecule has 0 aliphatic carbocycles. The lowest BCUT2D eigenvalue weighted by Crippen LogP contribution is -2.67. The molecule has 162 valence electrons. The van der Waals surface area contributed by atoms with E-state index in [-0.39, 0.29) is 12.2 Å². The minimum Gasteiger partial charge on any atom is -0.463 e. The molecule has 11 heteroatoms. The van der Waals surface area contributed by atoms with Crippen LogP contribution in [-0.4, -0.2) is 67.0 Å². The van der Waals surface area contributed by atoms with Crippen molar-refractivity contribution >= 4 is 29.8 Å². The summed E-state index contributed by atoms with van der Waals surface area (Å²) >= 11 is 0. The van der Waals surface area contributed by atoms with Crippen LogP contribution >= 0.6 is 0 Å². The van der Waals surface area contributed by atoms with Gasteiger partial charge >= 0.3 is 23.9 Å². The number of carbonyl (C=O) groups excluding carboxylic acids is 5. The molecule has 0 saturated carbocycles. The Labute approximate surface area is 167 Å². The van der Waals surface area contributed by atoms with E-state index in [0.717, 1.165) is 27.7 Å². The number of nitrogens with one attached hydrogen (secondary N) is 1. The first-order valence-corrected chi connectivity index (χ1v) is 8.69. The molecular weight excluding hydrogens is 390 g/mol. The average molecular weight is 415 g/mol. The molecule has 0 aromatic rings.